The Hall–Kier alpha value is -3.79. The molecule has 0 saturated heterocycles. The van der Waals surface area contributed by atoms with Gasteiger partial charge in [-0.15, -0.1) is 5.10 Å². The minimum absolute atomic E-state index is 0.258. The molecule has 0 aliphatic heterocycles. The van der Waals surface area contributed by atoms with Gasteiger partial charge in [-0.3, -0.25) is 9.78 Å². The SMILES string of the molecule is COc1ccc(-n2nnc(C(=O)NCc3ccncc3)c2CSc2ncccn2)cc1. The van der Waals surface area contributed by atoms with E-state index in [-0.39, 0.29) is 11.6 Å². The van der Waals surface area contributed by atoms with Crippen molar-refractivity contribution in [3.8, 4) is 11.4 Å². The van der Waals surface area contributed by atoms with Gasteiger partial charge in [-0.25, -0.2) is 14.6 Å². The highest BCUT2D eigenvalue weighted by molar-refractivity contribution is 7.98. The highest BCUT2D eigenvalue weighted by Crippen LogP contribution is 2.23. The summed E-state index contributed by atoms with van der Waals surface area (Å²) in [6.45, 7) is 0.366. The van der Waals surface area contributed by atoms with Crippen molar-refractivity contribution < 1.29 is 9.53 Å². The van der Waals surface area contributed by atoms with Crippen molar-refractivity contribution in [3.05, 3.63) is 84.2 Å². The van der Waals surface area contributed by atoms with Crippen molar-refractivity contribution in [1.29, 1.82) is 0 Å². The van der Waals surface area contributed by atoms with Crippen LogP contribution >= 0.6 is 11.8 Å². The van der Waals surface area contributed by atoms with Gasteiger partial charge in [-0.1, -0.05) is 17.0 Å². The van der Waals surface area contributed by atoms with Crippen LogP contribution in [0.3, 0.4) is 0 Å². The Morgan fingerprint density at radius 3 is 2.52 bits per heavy atom. The van der Waals surface area contributed by atoms with Crippen LogP contribution in [0.2, 0.25) is 0 Å². The van der Waals surface area contributed by atoms with Crippen LogP contribution in [-0.2, 0) is 12.3 Å². The molecule has 31 heavy (non-hydrogen) atoms. The number of benzene rings is 1. The summed E-state index contributed by atoms with van der Waals surface area (Å²) in [7, 11) is 1.61. The van der Waals surface area contributed by atoms with Gasteiger partial charge in [0.05, 0.1) is 18.5 Å². The minimum atomic E-state index is -0.304. The molecule has 0 aliphatic carbocycles. The van der Waals surface area contributed by atoms with Crippen molar-refractivity contribution in [2.45, 2.75) is 17.5 Å². The molecular weight excluding hydrogens is 414 g/mol. The van der Waals surface area contributed by atoms with E-state index in [2.05, 4.69) is 30.6 Å². The van der Waals surface area contributed by atoms with Gasteiger partial charge in [0.15, 0.2) is 10.9 Å². The number of thioether (sulfide) groups is 1. The third-order valence-corrected chi connectivity index (χ3v) is 5.26. The summed E-state index contributed by atoms with van der Waals surface area (Å²) in [5.41, 5.74) is 2.62. The Morgan fingerprint density at radius 1 is 1.06 bits per heavy atom. The van der Waals surface area contributed by atoms with E-state index in [1.165, 1.54) is 11.8 Å². The number of amides is 1. The molecule has 0 radical (unpaired) electrons. The van der Waals surface area contributed by atoms with Gasteiger partial charge in [0, 0.05) is 37.1 Å². The summed E-state index contributed by atoms with van der Waals surface area (Å²) in [6.07, 6.45) is 6.72. The van der Waals surface area contributed by atoms with E-state index in [0.29, 0.717) is 23.1 Å². The zero-order chi connectivity index (χ0) is 21.5. The maximum Gasteiger partial charge on any atom is 0.274 e. The predicted octanol–water partition coefficient (Wildman–Crippen LogP) is 2.68. The van der Waals surface area contributed by atoms with Gasteiger partial charge >= 0.3 is 0 Å². The van der Waals surface area contributed by atoms with E-state index in [1.807, 2.05) is 36.4 Å². The van der Waals surface area contributed by atoms with Gasteiger partial charge < -0.3 is 10.1 Å². The highest BCUT2D eigenvalue weighted by Gasteiger charge is 2.21. The number of hydrogen-bond donors (Lipinski definition) is 1. The largest absolute Gasteiger partial charge is 0.497 e. The number of carbonyl (C=O) groups excluding carboxylic acids is 1. The number of ether oxygens (including phenoxy) is 1. The van der Waals surface area contributed by atoms with Crippen molar-refractivity contribution >= 4 is 17.7 Å². The lowest BCUT2D eigenvalue weighted by Crippen LogP contribution is -2.24. The van der Waals surface area contributed by atoms with Crippen LogP contribution in [0.4, 0.5) is 0 Å². The Morgan fingerprint density at radius 2 is 1.81 bits per heavy atom. The fourth-order valence-corrected chi connectivity index (χ4v) is 3.59. The number of hydrogen-bond acceptors (Lipinski definition) is 8. The molecule has 0 bridgehead atoms. The molecule has 0 fully saturated rings. The van der Waals surface area contributed by atoms with Crippen LogP contribution in [0.1, 0.15) is 21.7 Å². The molecule has 4 aromatic rings. The first-order chi connectivity index (χ1) is 15.2. The lowest BCUT2D eigenvalue weighted by Gasteiger charge is -2.09. The molecule has 156 valence electrons. The van der Waals surface area contributed by atoms with Crippen molar-refractivity contribution in [3.63, 3.8) is 0 Å². The summed E-state index contributed by atoms with van der Waals surface area (Å²) < 4.78 is 6.87. The van der Waals surface area contributed by atoms with Crippen molar-refractivity contribution in [2.24, 2.45) is 0 Å². The lowest BCUT2D eigenvalue weighted by atomic mass is 10.2. The van der Waals surface area contributed by atoms with E-state index in [0.717, 1.165) is 17.0 Å². The van der Waals surface area contributed by atoms with E-state index < -0.39 is 0 Å². The first kappa shape index (κ1) is 20.5. The first-order valence-electron chi connectivity index (χ1n) is 9.40. The maximum atomic E-state index is 12.9. The third kappa shape index (κ3) is 5.04. The minimum Gasteiger partial charge on any atom is -0.497 e. The number of nitrogens with one attached hydrogen (secondary N) is 1. The Balaban J connectivity index is 1.60. The second kappa shape index (κ2) is 9.81. The van der Waals surface area contributed by atoms with Crippen LogP contribution in [0.15, 0.2) is 72.4 Å². The zero-order valence-electron chi connectivity index (χ0n) is 16.7. The topological polar surface area (TPSA) is 108 Å². The molecule has 10 heteroatoms. The Kier molecular flexibility index (Phi) is 6.48. The van der Waals surface area contributed by atoms with E-state index in [4.69, 9.17) is 4.74 Å². The zero-order valence-corrected chi connectivity index (χ0v) is 17.5. The van der Waals surface area contributed by atoms with Gasteiger partial charge in [-0.05, 0) is 48.0 Å². The molecule has 1 amide bonds. The van der Waals surface area contributed by atoms with E-state index in [9.17, 15) is 4.79 Å². The smallest absolute Gasteiger partial charge is 0.274 e. The summed E-state index contributed by atoms with van der Waals surface area (Å²) >= 11 is 1.40. The quantitative estimate of drug-likeness (QED) is 0.334. The molecule has 0 aliphatic rings. The van der Waals surface area contributed by atoms with Gasteiger partial charge in [0.25, 0.3) is 5.91 Å². The molecule has 3 heterocycles. The molecule has 0 atom stereocenters. The standard InChI is InChI=1S/C21H19N7O2S/c1-30-17-5-3-16(4-6-17)28-18(14-31-21-23-9-2-10-24-21)19(26-27-28)20(29)25-13-15-7-11-22-12-8-15/h2-12H,13-14H2,1H3,(H,25,29). The highest BCUT2D eigenvalue weighted by atomic mass is 32.2. The second-order valence-electron chi connectivity index (χ2n) is 6.35. The fraction of sp³-hybridized carbons (Fsp3) is 0.143. The first-order valence-corrected chi connectivity index (χ1v) is 10.4. The van der Waals surface area contributed by atoms with E-state index >= 15 is 0 Å². The summed E-state index contributed by atoms with van der Waals surface area (Å²) in [5.74, 6) is 0.843. The molecule has 0 spiro atoms. The third-order valence-electron chi connectivity index (χ3n) is 4.38. The normalized spacial score (nSPS) is 10.6. The average molecular weight is 433 g/mol. The second-order valence-corrected chi connectivity index (χ2v) is 7.30. The van der Waals surface area contributed by atoms with Crippen LogP contribution in [0.5, 0.6) is 5.75 Å². The number of rotatable bonds is 8. The maximum absolute atomic E-state index is 12.9. The number of methoxy groups -OCH3 is 1. The van der Waals surface area contributed by atoms with E-state index in [1.54, 1.807) is 42.6 Å². The molecule has 1 aromatic carbocycles. The summed E-state index contributed by atoms with van der Waals surface area (Å²) in [5, 5.41) is 11.9. The lowest BCUT2D eigenvalue weighted by molar-refractivity contribution is 0.0945. The van der Waals surface area contributed by atoms with Gasteiger partial charge in [-0.2, -0.15) is 0 Å². The molecule has 0 saturated carbocycles. The van der Waals surface area contributed by atoms with Crippen LogP contribution in [-0.4, -0.2) is 43.0 Å². The number of carbonyl (C=O) groups is 1. The van der Waals surface area contributed by atoms with Gasteiger partial charge in [0.2, 0.25) is 0 Å². The molecular formula is C21H19N7O2S. The predicted molar refractivity (Wildman–Crippen MR) is 115 cm³/mol. The Labute approximate surface area is 182 Å². The van der Waals surface area contributed by atoms with Crippen LogP contribution < -0.4 is 10.1 Å². The van der Waals surface area contributed by atoms with Gasteiger partial charge in [0.1, 0.15) is 5.75 Å². The summed E-state index contributed by atoms with van der Waals surface area (Å²) in [6, 6.07) is 12.8. The average Bonchev–Trinajstić information content (AvgIpc) is 3.26. The van der Waals surface area contributed by atoms with Crippen LogP contribution in [0.25, 0.3) is 5.69 Å². The molecule has 4 rings (SSSR count). The number of pyridine rings is 1. The molecule has 3 aromatic heterocycles. The molecule has 0 unspecified atom stereocenters. The number of aromatic nitrogens is 6. The van der Waals surface area contributed by atoms with Crippen molar-refractivity contribution in [1.82, 2.24) is 35.3 Å². The monoisotopic (exact) mass is 433 g/mol. The fourth-order valence-electron chi connectivity index (χ4n) is 2.80. The summed E-state index contributed by atoms with van der Waals surface area (Å²) in [4.78, 5) is 25.3. The molecule has 9 nitrogen and oxygen atoms in total. The number of nitrogens with zero attached hydrogens (tertiary/aromatic N) is 6. The molecule has 1 N–H and O–H groups in total. The Bertz CT molecular complexity index is 1140. The van der Waals surface area contributed by atoms with Crippen LogP contribution in [0, 0.1) is 0 Å². The van der Waals surface area contributed by atoms with Crippen molar-refractivity contribution in [2.75, 3.05) is 7.11 Å².